The lowest BCUT2D eigenvalue weighted by atomic mass is 9.94. The van der Waals surface area contributed by atoms with Crippen molar-refractivity contribution in [3.05, 3.63) is 41.8 Å². The van der Waals surface area contributed by atoms with Gasteiger partial charge in [0.1, 0.15) is 0 Å². The molecule has 1 N–H and O–H groups in total. The number of rotatable bonds is 6. The Morgan fingerprint density at radius 2 is 2.00 bits per heavy atom. The highest BCUT2D eigenvalue weighted by Gasteiger charge is 2.33. The second kappa shape index (κ2) is 7.21. The lowest BCUT2D eigenvalue weighted by molar-refractivity contribution is -0.127. The summed E-state index contributed by atoms with van der Waals surface area (Å²) < 4.78 is 38.2. The summed E-state index contributed by atoms with van der Waals surface area (Å²) in [6.07, 6.45) is -0.228. The van der Waals surface area contributed by atoms with Crippen molar-refractivity contribution < 1.29 is 13.2 Å². The molecule has 0 saturated carbocycles. The van der Waals surface area contributed by atoms with Crippen molar-refractivity contribution in [2.75, 3.05) is 26.2 Å². The minimum atomic E-state index is -4.18. The van der Waals surface area contributed by atoms with E-state index in [0.29, 0.717) is 17.7 Å². The standard InChI is InChI=1S/C17H23F3N2/c1-3-13(12-22-7-5-6-8-22)9-15-14(10-17(18,19)20)11-21-16(15)4-2/h3,13,21H,1-2,5-12H2. The van der Waals surface area contributed by atoms with Crippen LogP contribution in [0.15, 0.2) is 41.8 Å². The summed E-state index contributed by atoms with van der Waals surface area (Å²) in [6.45, 7) is 10.7. The first-order valence-electron chi connectivity index (χ1n) is 7.70. The largest absolute Gasteiger partial charge is 0.392 e. The lowest BCUT2D eigenvalue weighted by Gasteiger charge is -2.22. The van der Waals surface area contributed by atoms with Crippen LogP contribution >= 0.6 is 0 Å². The van der Waals surface area contributed by atoms with E-state index in [0.717, 1.165) is 25.2 Å². The summed E-state index contributed by atoms with van der Waals surface area (Å²) in [6, 6.07) is 0. The third kappa shape index (κ3) is 4.52. The van der Waals surface area contributed by atoms with Crippen LogP contribution < -0.4 is 5.32 Å². The van der Waals surface area contributed by atoms with Gasteiger partial charge in [-0.15, -0.1) is 12.3 Å². The Kier molecular flexibility index (Phi) is 5.54. The second-order valence-corrected chi connectivity index (χ2v) is 5.99. The molecule has 2 nitrogen and oxygen atoms in total. The normalized spacial score (nSPS) is 21.0. The summed E-state index contributed by atoms with van der Waals surface area (Å²) in [4.78, 5) is 2.36. The molecule has 22 heavy (non-hydrogen) atoms. The molecule has 0 radical (unpaired) electrons. The molecule has 1 saturated heterocycles. The zero-order chi connectivity index (χ0) is 16.2. The molecule has 2 rings (SSSR count). The minimum Gasteiger partial charge on any atom is -0.375 e. The summed E-state index contributed by atoms with van der Waals surface area (Å²) in [5.41, 5.74) is 4.48. The monoisotopic (exact) mass is 312 g/mol. The molecule has 1 fully saturated rings. The van der Waals surface area contributed by atoms with Crippen LogP contribution in [0, 0.1) is 5.92 Å². The predicted molar refractivity (Wildman–Crippen MR) is 82.3 cm³/mol. The zero-order valence-corrected chi connectivity index (χ0v) is 12.8. The fourth-order valence-electron chi connectivity index (χ4n) is 3.19. The van der Waals surface area contributed by atoms with Gasteiger partial charge in [-0.3, -0.25) is 0 Å². The van der Waals surface area contributed by atoms with Crippen molar-refractivity contribution in [2.24, 2.45) is 5.92 Å². The van der Waals surface area contributed by atoms with Crippen molar-refractivity contribution in [1.82, 2.24) is 10.2 Å². The molecule has 0 aromatic heterocycles. The first-order valence-corrected chi connectivity index (χ1v) is 7.70. The molecule has 0 aromatic carbocycles. The van der Waals surface area contributed by atoms with Crippen LogP contribution in [0.2, 0.25) is 0 Å². The van der Waals surface area contributed by atoms with Crippen LogP contribution in [0.4, 0.5) is 13.2 Å². The first-order chi connectivity index (χ1) is 10.4. The maximum atomic E-state index is 12.7. The highest BCUT2D eigenvalue weighted by atomic mass is 19.4. The summed E-state index contributed by atoms with van der Waals surface area (Å²) in [5, 5.41) is 2.97. The summed E-state index contributed by atoms with van der Waals surface area (Å²) in [7, 11) is 0. The van der Waals surface area contributed by atoms with Crippen molar-refractivity contribution in [2.45, 2.75) is 31.9 Å². The van der Waals surface area contributed by atoms with Crippen LogP contribution in [-0.4, -0.2) is 37.3 Å². The van der Waals surface area contributed by atoms with Gasteiger partial charge in [-0.1, -0.05) is 12.7 Å². The van der Waals surface area contributed by atoms with Gasteiger partial charge in [0.15, 0.2) is 0 Å². The maximum absolute atomic E-state index is 12.7. The lowest BCUT2D eigenvalue weighted by Crippen LogP contribution is -2.26. The number of hydrogen-bond donors (Lipinski definition) is 1. The zero-order valence-electron chi connectivity index (χ0n) is 12.8. The number of halogens is 3. The van der Waals surface area contributed by atoms with Crippen molar-refractivity contribution >= 4 is 0 Å². The van der Waals surface area contributed by atoms with E-state index in [9.17, 15) is 13.2 Å². The van der Waals surface area contributed by atoms with Crippen LogP contribution in [0.3, 0.4) is 0 Å². The van der Waals surface area contributed by atoms with E-state index < -0.39 is 12.6 Å². The average molecular weight is 312 g/mol. The van der Waals surface area contributed by atoms with Crippen LogP contribution in [-0.2, 0) is 0 Å². The van der Waals surface area contributed by atoms with E-state index in [4.69, 9.17) is 0 Å². The summed E-state index contributed by atoms with van der Waals surface area (Å²) in [5.74, 6) is 0.152. The van der Waals surface area contributed by atoms with Crippen LogP contribution in [0.5, 0.6) is 0 Å². The Balaban J connectivity index is 2.11. The van der Waals surface area contributed by atoms with Gasteiger partial charge in [-0.05, 0) is 49.4 Å². The molecule has 2 aliphatic rings. The van der Waals surface area contributed by atoms with Gasteiger partial charge in [0.05, 0.1) is 12.1 Å². The van der Waals surface area contributed by atoms with Crippen molar-refractivity contribution in [3.63, 3.8) is 0 Å². The number of nitrogens with one attached hydrogen (secondary N) is 1. The van der Waals surface area contributed by atoms with Gasteiger partial charge in [0, 0.05) is 13.1 Å². The third-order valence-electron chi connectivity index (χ3n) is 4.29. The molecular formula is C17H23F3N2. The van der Waals surface area contributed by atoms with Gasteiger partial charge in [-0.2, -0.15) is 13.2 Å². The number of nitrogens with zero attached hydrogens (tertiary/aromatic N) is 1. The van der Waals surface area contributed by atoms with Gasteiger partial charge in [-0.25, -0.2) is 0 Å². The second-order valence-electron chi connectivity index (χ2n) is 5.99. The highest BCUT2D eigenvalue weighted by Crippen LogP contribution is 2.34. The molecule has 0 aromatic rings. The predicted octanol–water partition coefficient (Wildman–Crippen LogP) is 3.80. The molecule has 0 bridgehead atoms. The topological polar surface area (TPSA) is 15.3 Å². The molecule has 0 spiro atoms. The molecular weight excluding hydrogens is 289 g/mol. The quantitative estimate of drug-likeness (QED) is 0.593. The summed E-state index contributed by atoms with van der Waals surface area (Å²) >= 11 is 0. The Morgan fingerprint density at radius 3 is 2.55 bits per heavy atom. The fourth-order valence-corrected chi connectivity index (χ4v) is 3.19. The SMILES string of the molecule is C=C=C1NCC(CC(F)(F)F)=C1CC(C=C)CN1CCCC1. The van der Waals surface area contributed by atoms with Gasteiger partial charge >= 0.3 is 6.18 Å². The van der Waals surface area contributed by atoms with E-state index >= 15 is 0 Å². The maximum Gasteiger partial charge on any atom is 0.392 e. The fraction of sp³-hybridized carbons (Fsp3) is 0.588. The van der Waals surface area contributed by atoms with Crippen LogP contribution in [0.25, 0.3) is 0 Å². The first kappa shape index (κ1) is 16.9. The Morgan fingerprint density at radius 1 is 1.32 bits per heavy atom. The Labute approximate surface area is 130 Å². The molecule has 122 valence electrons. The Hall–Kier alpha value is -1.45. The third-order valence-corrected chi connectivity index (χ3v) is 4.29. The van der Waals surface area contributed by atoms with E-state index in [-0.39, 0.29) is 12.5 Å². The minimum absolute atomic E-state index is 0.152. The van der Waals surface area contributed by atoms with E-state index in [1.807, 2.05) is 6.08 Å². The van der Waals surface area contributed by atoms with E-state index in [1.54, 1.807) is 0 Å². The van der Waals surface area contributed by atoms with Crippen molar-refractivity contribution in [3.8, 4) is 0 Å². The van der Waals surface area contributed by atoms with E-state index in [1.165, 1.54) is 12.8 Å². The van der Waals surface area contributed by atoms with Crippen LogP contribution in [0.1, 0.15) is 25.7 Å². The highest BCUT2D eigenvalue weighted by molar-refractivity contribution is 5.41. The van der Waals surface area contributed by atoms with Gasteiger partial charge in [0.25, 0.3) is 0 Å². The smallest absolute Gasteiger partial charge is 0.375 e. The molecule has 1 unspecified atom stereocenters. The number of alkyl halides is 3. The average Bonchev–Trinajstić information content (AvgIpc) is 3.07. The van der Waals surface area contributed by atoms with E-state index in [2.05, 4.69) is 29.1 Å². The van der Waals surface area contributed by atoms with Crippen molar-refractivity contribution in [1.29, 1.82) is 0 Å². The number of hydrogen-bond acceptors (Lipinski definition) is 2. The molecule has 0 amide bonds. The Bertz CT molecular complexity index is 493. The number of allylic oxidation sites excluding steroid dienone is 1. The van der Waals surface area contributed by atoms with Gasteiger partial charge < -0.3 is 10.2 Å². The van der Waals surface area contributed by atoms with Gasteiger partial charge in [0.2, 0.25) is 0 Å². The molecule has 0 aliphatic carbocycles. The molecule has 2 heterocycles. The molecule has 2 aliphatic heterocycles. The molecule has 5 heteroatoms. The molecule has 1 atom stereocenters. The number of likely N-dealkylation sites (tertiary alicyclic amines) is 1.